The minimum atomic E-state index is -1.27. The standard InChI is InChI=1S/C24H34N2O3/c1-29-21-5-2-4-16(13-21)14-26-7-3-6-24(28,23(26)27)15-25-22-19-9-17-8-18(11-19)12-20(22)10-17/h2,4-5,13,17-20,22,25,28H,3,6-12,14-15H2,1H3/t17?,18?,19?,20?,22?,24-/m0/s1. The number of carbonyl (C=O) groups excluding carboxylic acids is 1. The van der Waals surface area contributed by atoms with Crippen molar-refractivity contribution in [3.63, 3.8) is 0 Å². The van der Waals surface area contributed by atoms with E-state index < -0.39 is 5.60 Å². The van der Waals surface area contributed by atoms with Crippen LogP contribution in [0.2, 0.25) is 0 Å². The second kappa shape index (κ2) is 7.59. The number of hydrogen-bond donors (Lipinski definition) is 2. The van der Waals surface area contributed by atoms with Gasteiger partial charge in [0.25, 0.3) is 5.91 Å². The molecule has 1 atom stereocenters. The number of rotatable bonds is 6. The third-order valence-electron chi connectivity index (χ3n) is 8.07. The molecule has 4 bridgehead atoms. The Hall–Kier alpha value is -1.59. The van der Waals surface area contributed by atoms with Crippen LogP contribution in [-0.4, -0.2) is 47.8 Å². The third kappa shape index (κ3) is 3.68. The predicted molar refractivity (Wildman–Crippen MR) is 111 cm³/mol. The number of benzene rings is 1. The maximum absolute atomic E-state index is 13.2. The average molecular weight is 399 g/mol. The second-order valence-corrected chi connectivity index (χ2v) is 10.1. The zero-order valence-corrected chi connectivity index (χ0v) is 17.5. The highest BCUT2D eigenvalue weighted by Crippen LogP contribution is 2.53. The van der Waals surface area contributed by atoms with Crippen LogP contribution in [0.5, 0.6) is 5.75 Å². The Morgan fingerprint density at radius 3 is 2.59 bits per heavy atom. The van der Waals surface area contributed by atoms with Gasteiger partial charge in [-0.25, -0.2) is 0 Å². The van der Waals surface area contributed by atoms with Gasteiger partial charge in [0.15, 0.2) is 5.60 Å². The number of likely N-dealkylation sites (tertiary alicyclic amines) is 1. The molecule has 1 saturated heterocycles. The molecule has 1 amide bonds. The van der Waals surface area contributed by atoms with Crippen LogP contribution in [0.15, 0.2) is 24.3 Å². The van der Waals surface area contributed by atoms with Gasteiger partial charge in [0.1, 0.15) is 5.75 Å². The van der Waals surface area contributed by atoms with Gasteiger partial charge in [0, 0.05) is 25.7 Å². The lowest BCUT2D eigenvalue weighted by Crippen LogP contribution is -2.62. The maximum Gasteiger partial charge on any atom is 0.256 e. The van der Waals surface area contributed by atoms with Gasteiger partial charge in [0.2, 0.25) is 0 Å². The summed E-state index contributed by atoms with van der Waals surface area (Å²) in [6, 6.07) is 8.33. The van der Waals surface area contributed by atoms with E-state index in [2.05, 4.69) is 5.32 Å². The molecule has 1 aliphatic heterocycles. The molecule has 2 N–H and O–H groups in total. The first-order chi connectivity index (χ1) is 14.0. The van der Waals surface area contributed by atoms with Crippen LogP contribution < -0.4 is 10.1 Å². The fourth-order valence-electron chi connectivity index (χ4n) is 6.92. The van der Waals surface area contributed by atoms with Gasteiger partial charge >= 0.3 is 0 Å². The van der Waals surface area contributed by atoms with E-state index in [1.807, 2.05) is 29.2 Å². The molecule has 4 aliphatic carbocycles. The Balaban J connectivity index is 1.23. The number of nitrogens with zero attached hydrogens (tertiary/aromatic N) is 1. The Morgan fingerprint density at radius 1 is 1.17 bits per heavy atom. The zero-order valence-electron chi connectivity index (χ0n) is 17.5. The van der Waals surface area contributed by atoms with Gasteiger partial charge in [-0.15, -0.1) is 0 Å². The van der Waals surface area contributed by atoms with Crippen LogP contribution >= 0.6 is 0 Å². The van der Waals surface area contributed by atoms with Crippen molar-refractivity contribution in [3.8, 4) is 5.75 Å². The van der Waals surface area contributed by atoms with Crippen molar-refractivity contribution in [3.05, 3.63) is 29.8 Å². The SMILES string of the molecule is COc1cccc(CN2CCC[C@](O)(CNC3C4CC5CC(C4)CC3C5)C2=O)c1. The van der Waals surface area contributed by atoms with E-state index in [4.69, 9.17) is 4.74 Å². The van der Waals surface area contributed by atoms with Gasteiger partial charge in [-0.3, -0.25) is 4.79 Å². The summed E-state index contributed by atoms with van der Waals surface area (Å²) in [5.41, 5.74) is -0.234. The highest BCUT2D eigenvalue weighted by atomic mass is 16.5. The van der Waals surface area contributed by atoms with E-state index in [-0.39, 0.29) is 5.91 Å². The van der Waals surface area contributed by atoms with Crippen LogP contribution in [0.1, 0.15) is 50.5 Å². The summed E-state index contributed by atoms with van der Waals surface area (Å²) >= 11 is 0. The lowest BCUT2D eigenvalue weighted by molar-refractivity contribution is -0.158. The van der Waals surface area contributed by atoms with Gasteiger partial charge in [-0.05, 0) is 86.3 Å². The number of aliphatic hydroxyl groups is 1. The first-order valence-corrected chi connectivity index (χ1v) is 11.4. The second-order valence-electron chi connectivity index (χ2n) is 10.1. The summed E-state index contributed by atoms with van der Waals surface area (Å²) in [4.78, 5) is 15.0. The highest BCUT2D eigenvalue weighted by molar-refractivity contribution is 5.86. The molecule has 6 rings (SSSR count). The normalized spacial score (nSPS) is 38.5. The molecular formula is C24H34N2O3. The summed E-state index contributed by atoms with van der Waals surface area (Å²) in [7, 11) is 1.65. The zero-order chi connectivity index (χ0) is 20.0. The van der Waals surface area contributed by atoms with Crippen molar-refractivity contribution < 1.29 is 14.6 Å². The minimum absolute atomic E-state index is 0.122. The largest absolute Gasteiger partial charge is 0.497 e. The number of ether oxygens (including phenoxy) is 1. The van der Waals surface area contributed by atoms with Crippen LogP contribution in [-0.2, 0) is 11.3 Å². The van der Waals surface area contributed by atoms with Gasteiger partial charge < -0.3 is 20.1 Å². The van der Waals surface area contributed by atoms with E-state index in [1.54, 1.807) is 7.11 Å². The fourth-order valence-corrected chi connectivity index (χ4v) is 6.92. The van der Waals surface area contributed by atoms with Crippen molar-refractivity contribution in [2.24, 2.45) is 23.7 Å². The summed E-state index contributed by atoms with van der Waals surface area (Å²) in [5.74, 6) is 4.05. The monoisotopic (exact) mass is 398 g/mol. The highest BCUT2D eigenvalue weighted by Gasteiger charge is 2.49. The molecular weight excluding hydrogens is 364 g/mol. The number of methoxy groups -OCH3 is 1. The van der Waals surface area contributed by atoms with Crippen molar-refractivity contribution in [1.82, 2.24) is 10.2 Å². The van der Waals surface area contributed by atoms with Crippen LogP contribution in [0.3, 0.4) is 0 Å². The molecule has 1 heterocycles. The number of carbonyl (C=O) groups is 1. The van der Waals surface area contributed by atoms with E-state index in [9.17, 15) is 9.90 Å². The maximum atomic E-state index is 13.2. The molecule has 4 saturated carbocycles. The van der Waals surface area contributed by atoms with Crippen molar-refractivity contribution >= 4 is 5.91 Å². The Kier molecular flexibility index (Phi) is 5.07. The van der Waals surface area contributed by atoms with E-state index in [0.29, 0.717) is 32.1 Å². The molecule has 0 spiro atoms. The van der Waals surface area contributed by atoms with E-state index >= 15 is 0 Å². The Bertz CT molecular complexity index is 738. The molecule has 29 heavy (non-hydrogen) atoms. The number of nitrogens with one attached hydrogen (secondary N) is 1. The topological polar surface area (TPSA) is 61.8 Å². The van der Waals surface area contributed by atoms with Gasteiger partial charge in [0.05, 0.1) is 7.11 Å². The first-order valence-electron chi connectivity index (χ1n) is 11.4. The molecule has 5 fully saturated rings. The lowest BCUT2D eigenvalue weighted by atomic mass is 9.54. The Labute approximate surface area is 173 Å². The van der Waals surface area contributed by atoms with Crippen LogP contribution in [0, 0.1) is 23.7 Å². The molecule has 0 unspecified atom stereocenters. The molecule has 5 aliphatic rings. The van der Waals surface area contributed by atoms with E-state index in [0.717, 1.165) is 41.4 Å². The first kappa shape index (κ1) is 19.4. The van der Waals surface area contributed by atoms with Crippen molar-refractivity contribution in [2.75, 3.05) is 20.2 Å². The smallest absolute Gasteiger partial charge is 0.256 e. The summed E-state index contributed by atoms with van der Waals surface area (Å²) < 4.78 is 5.30. The van der Waals surface area contributed by atoms with Crippen molar-refractivity contribution in [2.45, 2.75) is 63.1 Å². The van der Waals surface area contributed by atoms with Crippen LogP contribution in [0.25, 0.3) is 0 Å². The molecule has 1 aromatic carbocycles. The number of amides is 1. The van der Waals surface area contributed by atoms with E-state index in [1.165, 1.54) is 32.1 Å². The molecule has 5 nitrogen and oxygen atoms in total. The molecule has 5 heteroatoms. The molecule has 0 radical (unpaired) electrons. The van der Waals surface area contributed by atoms with Crippen molar-refractivity contribution in [1.29, 1.82) is 0 Å². The summed E-state index contributed by atoms with van der Waals surface area (Å²) in [6.45, 7) is 1.63. The summed E-state index contributed by atoms with van der Waals surface area (Å²) in [6.07, 6.45) is 8.23. The molecule has 1 aromatic rings. The minimum Gasteiger partial charge on any atom is -0.497 e. The van der Waals surface area contributed by atoms with Crippen LogP contribution in [0.4, 0.5) is 0 Å². The lowest BCUT2D eigenvalue weighted by Gasteiger charge is -2.55. The van der Waals surface area contributed by atoms with Gasteiger partial charge in [-0.1, -0.05) is 12.1 Å². The molecule has 0 aromatic heterocycles. The molecule has 158 valence electrons. The average Bonchev–Trinajstić information content (AvgIpc) is 2.71. The Morgan fingerprint density at radius 2 is 1.90 bits per heavy atom. The quantitative estimate of drug-likeness (QED) is 0.773. The fraction of sp³-hybridized carbons (Fsp3) is 0.708. The third-order valence-corrected chi connectivity index (χ3v) is 8.07. The number of hydrogen-bond acceptors (Lipinski definition) is 4. The predicted octanol–water partition coefficient (Wildman–Crippen LogP) is 2.96. The van der Waals surface area contributed by atoms with Gasteiger partial charge in [-0.2, -0.15) is 0 Å². The number of piperidine rings is 1. The summed E-state index contributed by atoms with van der Waals surface area (Å²) in [5, 5.41) is 15.0.